The molecule has 2 aliphatic rings. The van der Waals surface area contributed by atoms with E-state index in [1.807, 2.05) is 6.20 Å². The summed E-state index contributed by atoms with van der Waals surface area (Å²) < 4.78 is 7.01. The van der Waals surface area contributed by atoms with Crippen LogP contribution in [0.4, 0.5) is 5.95 Å². The van der Waals surface area contributed by atoms with E-state index in [2.05, 4.69) is 34.1 Å². The topological polar surface area (TPSA) is 85.2 Å². The Labute approximate surface area is 158 Å². The number of aromatic nitrogens is 4. The van der Waals surface area contributed by atoms with Crippen molar-refractivity contribution in [2.75, 3.05) is 31.2 Å². The number of hydrogen-bond acceptors (Lipinski definition) is 6. The van der Waals surface area contributed by atoms with Crippen molar-refractivity contribution >= 4 is 11.9 Å². The van der Waals surface area contributed by atoms with Crippen LogP contribution in [0, 0.1) is 5.41 Å². The molecule has 1 amide bonds. The van der Waals surface area contributed by atoms with E-state index >= 15 is 0 Å². The SMILES string of the molecule is Cn1nccc1C(=O)N[C@@H]1CC(C)(C)Cc2nc(N3CCOCC3)ncc21. The summed E-state index contributed by atoms with van der Waals surface area (Å²) in [5, 5.41) is 7.24. The first kappa shape index (κ1) is 17.9. The predicted octanol–water partition coefficient (Wildman–Crippen LogP) is 1.49. The molecule has 1 atom stereocenters. The molecule has 144 valence electrons. The van der Waals surface area contributed by atoms with Crippen LogP contribution >= 0.6 is 0 Å². The number of hydrogen-bond donors (Lipinski definition) is 1. The predicted molar refractivity (Wildman–Crippen MR) is 101 cm³/mol. The van der Waals surface area contributed by atoms with Gasteiger partial charge in [0.1, 0.15) is 5.69 Å². The van der Waals surface area contributed by atoms with E-state index in [0.29, 0.717) is 18.9 Å². The molecule has 0 aromatic carbocycles. The van der Waals surface area contributed by atoms with Gasteiger partial charge in [-0.15, -0.1) is 0 Å². The fourth-order valence-electron chi connectivity index (χ4n) is 3.91. The van der Waals surface area contributed by atoms with E-state index in [1.54, 1.807) is 24.0 Å². The number of aryl methyl sites for hydroxylation is 1. The maximum Gasteiger partial charge on any atom is 0.270 e. The van der Waals surface area contributed by atoms with E-state index in [9.17, 15) is 4.79 Å². The summed E-state index contributed by atoms with van der Waals surface area (Å²) in [6, 6.07) is 1.62. The first-order chi connectivity index (χ1) is 12.9. The molecular weight excluding hydrogens is 344 g/mol. The Morgan fingerprint density at radius 2 is 2.11 bits per heavy atom. The smallest absolute Gasteiger partial charge is 0.270 e. The van der Waals surface area contributed by atoms with Crippen LogP contribution in [0.1, 0.15) is 48.1 Å². The zero-order chi connectivity index (χ0) is 19.0. The summed E-state index contributed by atoms with van der Waals surface area (Å²) in [4.78, 5) is 24.3. The second kappa shape index (κ2) is 6.92. The monoisotopic (exact) mass is 370 g/mol. The highest BCUT2D eigenvalue weighted by atomic mass is 16.5. The normalized spacial score (nSPS) is 21.6. The van der Waals surface area contributed by atoms with E-state index in [1.165, 1.54) is 0 Å². The van der Waals surface area contributed by atoms with Gasteiger partial charge in [-0.1, -0.05) is 13.8 Å². The van der Waals surface area contributed by atoms with Gasteiger partial charge in [0.2, 0.25) is 5.95 Å². The molecule has 2 aromatic rings. The lowest BCUT2D eigenvalue weighted by Crippen LogP contribution is -2.40. The molecule has 0 saturated carbocycles. The molecular formula is C19H26N6O2. The van der Waals surface area contributed by atoms with Crippen molar-refractivity contribution in [2.24, 2.45) is 12.5 Å². The Kier molecular flexibility index (Phi) is 4.59. The molecule has 3 heterocycles. The largest absolute Gasteiger partial charge is 0.378 e. The number of nitrogens with zero attached hydrogens (tertiary/aromatic N) is 5. The summed E-state index contributed by atoms with van der Waals surface area (Å²) in [5.41, 5.74) is 2.64. The van der Waals surface area contributed by atoms with Crippen molar-refractivity contribution in [3.63, 3.8) is 0 Å². The summed E-state index contributed by atoms with van der Waals surface area (Å²) in [6.07, 6.45) is 5.24. The van der Waals surface area contributed by atoms with Crippen molar-refractivity contribution in [3.8, 4) is 0 Å². The van der Waals surface area contributed by atoms with E-state index in [-0.39, 0.29) is 17.4 Å². The molecule has 1 saturated heterocycles. The second-order valence-electron chi connectivity index (χ2n) is 8.08. The Hall–Kier alpha value is -2.48. The van der Waals surface area contributed by atoms with E-state index < -0.39 is 0 Å². The van der Waals surface area contributed by atoms with Gasteiger partial charge < -0.3 is 15.0 Å². The number of amides is 1. The molecule has 1 fully saturated rings. The van der Waals surface area contributed by atoms with Crippen molar-refractivity contribution < 1.29 is 9.53 Å². The third kappa shape index (κ3) is 3.66. The Morgan fingerprint density at radius 1 is 1.33 bits per heavy atom. The quantitative estimate of drug-likeness (QED) is 0.881. The average Bonchev–Trinajstić information content (AvgIpc) is 3.07. The molecule has 4 rings (SSSR count). The number of fused-ring (bicyclic) bond motifs is 1. The number of carbonyl (C=O) groups excluding carboxylic acids is 1. The Balaban J connectivity index is 1.61. The fraction of sp³-hybridized carbons (Fsp3) is 0.579. The third-order valence-corrected chi connectivity index (χ3v) is 5.32. The molecule has 8 nitrogen and oxygen atoms in total. The van der Waals surface area contributed by atoms with Gasteiger partial charge in [0.25, 0.3) is 5.91 Å². The van der Waals surface area contributed by atoms with Crippen LogP contribution < -0.4 is 10.2 Å². The maximum absolute atomic E-state index is 12.7. The molecule has 0 bridgehead atoms. The lowest BCUT2D eigenvalue weighted by molar-refractivity contribution is 0.0909. The zero-order valence-corrected chi connectivity index (χ0v) is 16.1. The van der Waals surface area contributed by atoms with Crippen LogP contribution in [0.3, 0.4) is 0 Å². The molecule has 8 heteroatoms. The van der Waals surface area contributed by atoms with Crippen molar-refractivity contribution in [3.05, 3.63) is 35.4 Å². The third-order valence-electron chi connectivity index (χ3n) is 5.32. The van der Waals surface area contributed by atoms with Crippen LogP contribution in [-0.4, -0.2) is 52.0 Å². The highest BCUT2D eigenvalue weighted by Crippen LogP contribution is 2.40. The fourth-order valence-corrected chi connectivity index (χ4v) is 3.91. The Bertz CT molecular complexity index is 840. The standard InChI is InChI=1S/C19H26N6O2/c1-19(2)10-14(22-17(26)16-4-5-21-24(16)3)13-12-20-18(23-15(13)11-19)25-6-8-27-9-7-25/h4-5,12,14H,6-11H2,1-3H3,(H,22,26)/t14-/m1/s1. The molecule has 1 aliphatic heterocycles. The number of morpholine rings is 1. The highest BCUT2D eigenvalue weighted by molar-refractivity contribution is 5.92. The summed E-state index contributed by atoms with van der Waals surface area (Å²) in [6.45, 7) is 7.46. The lowest BCUT2D eigenvalue weighted by atomic mass is 9.74. The number of anilines is 1. The average molecular weight is 370 g/mol. The first-order valence-corrected chi connectivity index (χ1v) is 9.40. The van der Waals surface area contributed by atoms with Crippen LogP contribution in [-0.2, 0) is 18.2 Å². The zero-order valence-electron chi connectivity index (χ0n) is 16.1. The number of carbonyl (C=O) groups is 1. The van der Waals surface area contributed by atoms with Crippen LogP contribution in [0.15, 0.2) is 18.5 Å². The maximum atomic E-state index is 12.7. The van der Waals surface area contributed by atoms with Crippen LogP contribution in [0.5, 0.6) is 0 Å². The first-order valence-electron chi connectivity index (χ1n) is 9.40. The molecule has 0 unspecified atom stereocenters. The Morgan fingerprint density at radius 3 is 2.81 bits per heavy atom. The molecule has 0 radical (unpaired) electrons. The molecule has 1 aliphatic carbocycles. The van der Waals surface area contributed by atoms with Crippen molar-refractivity contribution in [1.29, 1.82) is 0 Å². The molecule has 2 aromatic heterocycles. The van der Waals surface area contributed by atoms with Gasteiger partial charge in [0, 0.05) is 38.1 Å². The minimum Gasteiger partial charge on any atom is -0.378 e. The molecule has 1 N–H and O–H groups in total. The van der Waals surface area contributed by atoms with Crippen LogP contribution in [0.2, 0.25) is 0 Å². The number of nitrogens with one attached hydrogen (secondary N) is 1. The minimum atomic E-state index is -0.124. The summed E-state index contributed by atoms with van der Waals surface area (Å²) in [5.74, 6) is 0.632. The van der Waals surface area contributed by atoms with E-state index in [0.717, 1.165) is 43.1 Å². The van der Waals surface area contributed by atoms with Crippen molar-refractivity contribution in [1.82, 2.24) is 25.1 Å². The van der Waals surface area contributed by atoms with Crippen molar-refractivity contribution in [2.45, 2.75) is 32.7 Å². The van der Waals surface area contributed by atoms with Gasteiger partial charge in [0.05, 0.1) is 24.9 Å². The number of rotatable bonds is 3. The second-order valence-corrected chi connectivity index (χ2v) is 8.08. The summed E-state index contributed by atoms with van der Waals surface area (Å²) in [7, 11) is 1.77. The number of ether oxygens (including phenoxy) is 1. The van der Waals surface area contributed by atoms with Gasteiger partial charge in [-0.2, -0.15) is 5.10 Å². The van der Waals surface area contributed by atoms with E-state index in [4.69, 9.17) is 9.72 Å². The van der Waals surface area contributed by atoms with Gasteiger partial charge in [-0.3, -0.25) is 9.48 Å². The highest BCUT2D eigenvalue weighted by Gasteiger charge is 2.35. The lowest BCUT2D eigenvalue weighted by Gasteiger charge is -2.37. The molecule has 0 spiro atoms. The van der Waals surface area contributed by atoms with Gasteiger partial charge >= 0.3 is 0 Å². The van der Waals surface area contributed by atoms with Gasteiger partial charge in [-0.05, 0) is 24.3 Å². The van der Waals surface area contributed by atoms with Crippen LogP contribution in [0.25, 0.3) is 0 Å². The minimum absolute atomic E-state index is 0.0496. The summed E-state index contributed by atoms with van der Waals surface area (Å²) >= 11 is 0. The van der Waals surface area contributed by atoms with Gasteiger partial charge in [0.15, 0.2) is 0 Å². The molecule has 27 heavy (non-hydrogen) atoms. The van der Waals surface area contributed by atoms with Gasteiger partial charge in [-0.25, -0.2) is 9.97 Å².